The van der Waals surface area contributed by atoms with Crippen LogP contribution in [0, 0.1) is 0 Å². The molecule has 0 saturated heterocycles. The first-order valence-corrected chi connectivity index (χ1v) is 7.92. The van der Waals surface area contributed by atoms with Gasteiger partial charge < -0.3 is 5.11 Å². The van der Waals surface area contributed by atoms with E-state index in [1.807, 2.05) is 60.7 Å². The summed E-state index contributed by atoms with van der Waals surface area (Å²) in [5, 5.41) is 21.8. The van der Waals surface area contributed by atoms with Crippen LogP contribution in [0.15, 0.2) is 100 Å². The smallest absolute Gasteiger partial charge is 0.337 e. The van der Waals surface area contributed by atoms with Gasteiger partial charge in [-0.3, -0.25) is 5.43 Å². The zero-order chi connectivity index (χ0) is 18.2. The lowest BCUT2D eigenvalue weighted by Crippen LogP contribution is -2.01. The van der Waals surface area contributed by atoms with Gasteiger partial charge >= 0.3 is 5.97 Å². The Hall–Kier alpha value is -3.80. The number of carboxylic acids is 1. The Morgan fingerprint density at radius 2 is 1.42 bits per heavy atom. The summed E-state index contributed by atoms with van der Waals surface area (Å²) in [6.07, 6.45) is 0. The quantitative estimate of drug-likeness (QED) is 0.297. The van der Waals surface area contributed by atoms with Crippen LogP contribution in [0.2, 0.25) is 0 Å². The summed E-state index contributed by atoms with van der Waals surface area (Å²) in [6, 6.07) is 25.2. The first-order chi connectivity index (χ1) is 12.7. The van der Waals surface area contributed by atoms with E-state index in [2.05, 4.69) is 20.8 Å². The fraction of sp³-hybridized carbons (Fsp3) is 0. The number of carboxylic acid groups (broad SMARTS) is 1. The van der Waals surface area contributed by atoms with Gasteiger partial charge in [0.15, 0.2) is 0 Å². The molecule has 6 nitrogen and oxygen atoms in total. The molecule has 0 saturated carbocycles. The number of hydrogen-bond acceptors (Lipinski definition) is 4. The van der Waals surface area contributed by atoms with E-state index in [1.165, 1.54) is 6.07 Å². The van der Waals surface area contributed by atoms with Crippen molar-refractivity contribution in [2.45, 2.75) is 0 Å². The minimum atomic E-state index is -1.06. The highest BCUT2D eigenvalue weighted by Gasteiger charge is 2.09. The molecule has 0 amide bonds. The van der Waals surface area contributed by atoms with Crippen molar-refractivity contribution >= 4 is 23.2 Å². The molecule has 0 aliphatic rings. The molecule has 0 fully saturated rings. The Morgan fingerprint density at radius 3 is 2.12 bits per heavy atom. The highest BCUT2D eigenvalue weighted by molar-refractivity contribution is 6.00. The van der Waals surface area contributed by atoms with Crippen LogP contribution in [0.1, 0.15) is 15.9 Å². The molecule has 0 unspecified atom stereocenters. The van der Waals surface area contributed by atoms with Crippen molar-refractivity contribution in [2.75, 3.05) is 5.43 Å². The van der Waals surface area contributed by atoms with Gasteiger partial charge in [-0.05, 0) is 24.3 Å². The van der Waals surface area contributed by atoms with Gasteiger partial charge in [-0.25, -0.2) is 4.79 Å². The highest BCUT2D eigenvalue weighted by atomic mass is 16.4. The number of benzene rings is 3. The standard InChI is InChI=1S/C20H16N4O2/c25-20(26)17-13-7-8-14-18(17)22-24-19(15-9-3-1-4-10-15)23-21-16-11-5-2-6-12-16/h1-14,21H,(H,25,26). The van der Waals surface area contributed by atoms with Gasteiger partial charge in [-0.1, -0.05) is 60.7 Å². The molecule has 128 valence electrons. The summed E-state index contributed by atoms with van der Waals surface area (Å²) in [5.41, 5.74) is 4.85. The van der Waals surface area contributed by atoms with Crippen molar-refractivity contribution in [3.05, 3.63) is 96.1 Å². The van der Waals surface area contributed by atoms with Crippen LogP contribution in [0.4, 0.5) is 11.4 Å². The van der Waals surface area contributed by atoms with Crippen LogP contribution in [0.5, 0.6) is 0 Å². The third-order valence-corrected chi connectivity index (χ3v) is 3.48. The van der Waals surface area contributed by atoms with E-state index in [0.717, 1.165) is 11.3 Å². The average molecular weight is 344 g/mol. The number of amidine groups is 1. The molecule has 3 rings (SSSR count). The van der Waals surface area contributed by atoms with Gasteiger partial charge in [0.1, 0.15) is 5.69 Å². The second-order valence-corrected chi connectivity index (χ2v) is 5.30. The number of hydrazone groups is 1. The van der Waals surface area contributed by atoms with Crippen molar-refractivity contribution in [2.24, 2.45) is 15.3 Å². The predicted octanol–water partition coefficient (Wildman–Crippen LogP) is 4.94. The van der Waals surface area contributed by atoms with Crippen LogP contribution in [-0.4, -0.2) is 16.9 Å². The maximum atomic E-state index is 11.3. The van der Waals surface area contributed by atoms with Gasteiger partial charge in [-0.15, -0.1) is 10.2 Å². The SMILES string of the molecule is O=C(O)c1ccccc1N=NC(=NNc1ccccc1)c1ccccc1. The van der Waals surface area contributed by atoms with Crippen LogP contribution in [0.25, 0.3) is 0 Å². The number of azo groups is 1. The van der Waals surface area contributed by atoms with E-state index in [-0.39, 0.29) is 11.3 Å². The van der Waals surface area contributed by atoms with Gasteiger partial charge in [0, 0.05) is 5.56 Å². The molecule has 0 bridgehead atoms. The van der Waals surface area contributed by atoms with E-state index in [4.69, 9.17) is 0 Å². The molecule has 0 aliphatic heterocycles. The van der Waals surface area contributed by atoms with Crippen molar-refractivity contribution in [3.63, 3.8) is 0 Å². The van der Waals surface area contributed by atoms with Crippen LogP contribution >= 0.6 is 0 Å². The minimum absolute atomic E-state index is 0.0830. The van der Waals surface area contributed by atoms with Gasteiger partial charge in [0.25, 0.3) is 0 Å². The Kier molecular flexibility index (Phi) is 5.47. The van der Waals surface area contributed by atoms with E-state index < -0.39 is 5.97 Å². The van der Waals surface area contributed by atoms with Gasteiger partial charge in [0.2, 0.25) is 5.84 Å². The third-order valence-electron chi connectivity index (χ3n) is 3.48. The summed E-state index contributed by atoms with van der Waals surface area (Å²) < 4.78 is 0. The van der Waals surface area contributed by atoms with E-state index in [9.17, 15) is 9.90 Å². The summed E-state index contributed by atoms with van der Waals surface area (Å²) in [4.78, 5) is 11.3. The molecular formula is C20H16N4O2. The van der Waals surface area contributed by atoms with Crippen molar-refractivity contribution in [3.8, 4) is 0 Å². The monoisotopic (exact) mass is 344 g/mol. The molecule has 0 atom stereocenters. The molecule has 3 aromatic carbocycles. The molecule has 0 spiro atoms. The third kappa shape index (κ3) is 4.39. The normalized spacial score (nSPS) is 11.5. The van der Waals surface area contributed by atoms with Crippen molar-refractivity contribution < 1.29 is 9.90 Å². The second-order valence-electron chi connectivity index (χ2n) is 5.30. The molecule has 6 heteroatoms. The van der Waals surface area contributed by atoms with Crippen molar-refractivity contribution in [1.29, 1.82) is 0 Å². The largest absolute Gasteiger partial charge is 0.478 e. The molecule has 0 aromatic heterocycles. The first-order valence-electron chi connectivity index (χ1n) is 7.92. The number of rotatable bonds is 5. The number of nitrogens with one attached hydrogen (secondary N) is 1. The number of nitrogens with zero attached hydrogens (tertiary/aromatic N) is 3. The number of hydrogen-bond donors (Lipinski definition) is 2. The molecule has 0 radical (unpaired) electrons. The Balaban J connectivity index is 1.93. The molecule has 2 N–H and O–H groups in total. The highest BCUT2D eigenvalue weighted by Crippen LogP contribution is 2.19. The maximum absolute atomic E-state index is 11.3. The molecule has 3 aromatic rings. The number of carbonyl (C=O) groups is 1. The van der Waals surface area contributed by atoms with E-state index in [1.54, 1.807) is 18.2 Å². The molecule has 0 aliphatic carbocycles. The predicted molar refractivity (Wildman–Crippen MR) is 101 cm³/mol. The Bertz CT molecular complexity index is 938. The van der Waals surface area contributed by atoms with Crippen molar-refractivity contribution in [1.82, 2.24) is 0 Å². The number of para-hydroxylation sites is 1. The van der Waals surface area contributed by atoms with Gasteiger partial charge in [0.05, 0.1) is 11.3 Å². The zero-order valence-electron chi connectivity index (χ0n) is 13.8. The summed E-state index contributed by atoms with van der Waals surface area (Å²) in [7, 11) is 0. The molecular weight excluding hydrogens is 328 g/mol. The number of aromatic carboxylic acids is 1. The fourth-order valence-corrected chi connectivity index (χ4v) is 2.20. The van der Waals surface area contributed by atoms with Crippen LogP contribution in [0.3, 0.4) is 0 Å². The van der Waals surface area contributed by atoms with Crippen LogP contribution < -0.4 is 5.43 Å². The number of anilines is 1. The maximum Gasteiger partial charge on any atom is 0.337 e. The second kappa shape index (κ2) is 8.34. The van der Waals surface area contributed by atoms with E-state index >= 15 is 0 Å². The Labute approximate surface area is 150 Å². The minimum Gasteiger partial charge on any atom is -0.478 e. The summed E-state index contributed by atoms with van der Waals surface area (Å²) >= 11 is 0. The fourth-order valence-electron chi connectivity index (χ4n) is 2.20. The lowest BCUT2D eigenvalue weighted by molar-refractivity contribution is 0.0697. The van der Waals surface area contributed by atoms with Gasteiger partial charge in [-0.2, -0.15) is 5.10 Å². The zero-order valence-corrected chi connectivity index (χ0v) is 13.8. The summed E-state index contributed by atoms with van der Waals surface area (Å²) in [6.45, 7) is 0. The Morgan fingerprint density at radius 1 is 0.808 bits per heavy atom. The average Bonchev–Trinajstić information content (AvgIpc) is 2.69. The summed E-state index contributed by atoms with van der Waals surface area (Å²) in [5.74, 6) is -0.713. The van der Waals surface area contributed by atoms with Crippen LogP contribution in [-0.2, 0) is 0 Å². The molecule has 0 heterocycles. The first kappa shape index (κ1) is 17.0. The van der Waals surface area contributed by atoms with E-state index in [0.29, 0.717) is 5.84 Å². The molecule has 26 heavy (non-hydrogen) atoms. The lowest BCUT2D eigenvalue weighted by atomic mass is 10.2. The topological polar surface area (TPSA) is 86.4 Å². The lowest BCUT2D eigenvalue weighted by Gasteiger charge is -2.04.